The number of halogens is 2. The highest BCUT2D eigenvalue weighted by Gasteiger charge is 2.29. The Morgan fingerprint density at radius 1 is 1.15 bits per heavy atom. The first-order valence-corrected chi connectivity index (χ1v) is 6.52. The summed E-state index contributed by atoms with van der Waals surface area (Å²) in [6.45, 7) is 0. The van der Waals surface area contributed by atoms with Gasteiger partial charge in [-0.2, -0.15) is 0 Å². The number of ketones is 1. The molecule has 20 heavy (non-hydrogen) atoms. The van der Waals surface area contributed by atoms with Gasteiger partial charge in [0.25, 0.3) is 0 Å². The number of ether oxygens (including phenoxy) is 1. The van der Waals surface area contributed by atoms with Crippen LogP contribution in [0, 0.1) is 0 Å². The molecular weight excluding hydrogens is 299 g/mol. The van der Waals surface area contributed by atoms with E-state index in [1.807, 2.05) is 0 Å². The summed E-state index contributed by atoms with van der Waals surface area (Å²) in [6, 6.07) is 9.55. The summed E-state index contributed by atoms with van der Waals surface area (Å²) in [7, 11) is 0. The number of allylic oxidation sites excluding steroid dienone is 1. The Balaban J connectivity index is 2.04. The van der Waals surface area contributed by atoms with Crippen LogP contribution in [0.15, 0.2) is 42.2 Å². The van der Waals surface area contributed by atoms with Crippen molar-refractivity contribution in [3.8, 4) is 11.5 Å². The number of hydrogen-bond acceptors (Lipinski definition) is 3. The number of phenolic OH excluding ortho intramolecular Hbond substituents is 1. The molecule has 1 heterocycles. The van der Waals surface area contributed by atoms with Crippen LogP contribution >= 0.6 is 23.2 Å². The second kappa shape index (κ2) is 4.85. The van der Waals surface area contributed by atoms with Gasteiger partial charge in [0.1, 0.15) is 5.75 Å². The summed E-state index contributed by atoms with van der Waals surface area (Å²) < 4.78 is 5.49. The van der Waals surface area contributed by atoms with Crippen molar-refractivity contribution in [1.82, 2.24) is 0 Å². The van der Waals surface area contributed by atoms with Crippen molar-refractivity contribution in [2.24, 2.45) is 0 Å². The summed E-state index contributed by atoms with van der Waals surface area (Å²) in [5.41, 5.74) is 0.997. The van der Waals surface area contributed by atoms with Crippen molar-refractivity contribution in [3.63, 3.8) is 0 Å². The molecule has 2 aromatic rings. The fourth-order valence-electron chi connectivity index (χ4n) is 1.98. The molecule has 1 aliphatic rings. The van der Waals surface area contributed by atoms with Gasteiger partial charge in [-0.3, -0.25) is 4.79 Å². The normalized spacial score (nSPS) is 15.3. The van der Waals surface area contributed by atoms with E-state index in [2.05, 4.69) is 0 Å². The molecule has 100 valence electrons. The predicted octanol–water partition coefficient (Wildman–Crippen LogP) is 4.32. The van der Waals surface area contributed by atoms with Crippen LogP contribution in [-0.4, -0.2) is 10.9 Å². The minimum atomic E-state index is -0.284. The first-order chi connectivity index (χ1) is 9.54. The van der Waals surface area contributed by atoms with Gasteiger partial charge in [-0.15, -0.1) is 0 Å². The first kappa shape index (κ1) is 13.0. The quantitative estimate of drug-likeness (QED) is 0.798. The maximum absolute atomic E-state index is 12.2. The van der Waals surface area contributed by atoms with Gasteiger partial charge in [0.05, 0.1) is 10.6 Å². The highest BCUT2D eigenvalue weighted by Crippen LogP contribution is 2.40. The molecule has 5 heteroatoms. The van der Waals surface area contributed by atoms with Crippen LogP contribution in [0.5, 0.6) is 11.5 Å². The number of hydrogen-bond donors (Lipinski definition) is 1. The molecule has 0 amide bonds. The average molecular weight is 307 g/mol. The molecule has 0 unspecified atom stereocenters. The Bertz CT molecular complexity index is 751. The molecule has 0 aromatic heterocycles. The van der Waals surface area contributed by atoms with E-state index in [1.54, 1.807) is 24.3 Å². The topological polar surface area (TPSA) is 46.5 Å². The Hall–Kier alpha value is -1.97. The van der Waals surface area contributed by atoms with Crippen molar-refractivity contribution in [1.29, 1.82) is 0 Å². The molecule has 0 saturated carbocycles. The zero-order valence-electron chi connectivity index (χ0n) is 10.1. The van der Waals surface area contributed by atoms with Crippen LogP contribution in [0.2, 0.25) is 10.0 Å². The number of benzene rings is 2. The highest BCUT2D eigenvalue weighted by molar-refractivity contribution is 6.37. The van der Waals surface area contributed by atoms with E-state index in [1.165, 1.54) is 18.2 Å². The van der Waals surface area contributed by atoms with Crippen LogP contribution in [-0.2, 0) is 0 Å². The summed E-state index contributed by atoms with van der Waals surface area (Å²) >= 11 is 11.9. The maximum Gasteiger partial charge on any atom is 0.232 e. The van der Waals surface area contributed by atoms with Gasteiger partial charge in [-0.1, -0.05) is 35.3 Å². The van der Waals surface area contributed by atoms with Crippen LogP contribution in [0.25, 0.3) is 6.08 Å². The van der Waals surface area contributed by atoms with Crippen molar-refractivity contribution in [3.05, 3.63) is 63.3 Å². The van der Waals surface area contributed by atoms with E-state index >= 15 is 0 Å². The molecule has 3 nitrogen and oxygen atoms in total. The lowest BCUT2D eigenvalue weighted by Gasteiger charge is -2.01. The van der Waals surface area contributed by atoms with Crippen molar-refractivity contribution in [2.75, 3.05) is 0 Å². The smallest absolute Gasteiger partial charge is 0.232 e. The minimum Gasteiger partial charge on any atom is -0.508 e. The third kappa shape index (κ3) is 2.26. The van der Waals surface area contributed by atoms with E-state index in [4.69, 9.17) is 27.9 Å². The summed E-state index contributed by atoms with van der Waals surface area (Å²) in [5.74, 6) is 0.290. The van der Waals surface area contributed by atoms with E-state index in [9.17, 15) is 9.90 Å². The Morgan fingerprint density at radius 2 is 1.95 bits per heavy atom. The predicted molar refractivity (Wildman–Crippen MR) is 77.5 cm³/mol. The molecule has 2 aromatic carbocycles. The van der Waals surface area contributed by atoms with Gasteiger partial charge in [0.15, 0.2) is 11.5 Å². The molecule has 0 spiro atoms. The van der Waals surface area contributed by atoms with E-state index in [0.29, 0.717) is 26.9 Å². The Labute approximate surface area is 125 Å². The van der Waals surface area contributed by atoms with Crippen LogP contribution in [0.1, 0.15) is 15.9 Å². The molecule has 0 radical (unpaired) electrons. The van der Waals surface area contributed by atoms with E-state index in [0.717, 1.165) is 0 Å². The van der Waals surface area contributed by atoms with Crippen molar-refractivity contribution in [2.45, 2.75) is 0 Å². The minimum absolute atomic E-state index is 0.114. The zero-order valence-corrected chi connectivity index (χ0v) is 11.6. The lowest BCUT2D eigenvalue weighted by molar-refractivity contribution is 0.101. The number of rotatable bonds is 1. The maximum atomic E-state index is 12.2. The fourth-order valence-corrected chi connectivity index (χ4v) is 2.51. The second-order valence-electron chi connectivity index (χ2n) is 4.30. The third-order valence-corrected chi connectivity index (χ3v) is 3.36. The molecule has 0 saturated heterocycles. The van der Waals surface area contributed by atoms with Gasteiger partial charge >= 0.3 is 0 Å². The van der Waals surface area contributed by atoms with Gasteiger partial charge < -0.3 is 9.84 Å². The van der Waals surface area contributed by atoms with Crippen molar-refractivity contribution >= 4 is 35.1 Å². The van der Waals surface area contributed by atoms with Gasteiger partial charge in [0, 0.05) is 5.02 Å². The summed E-state index contributed by atoms with van der Waals surface area (Å²) in [6.07, 6.45) is 1.55. The Kier molecular flexibility index (Phi) is 3.16. The fraction of sp³-hybridized carbons (Fsp3) is 0. The molecule has 1 N–H and O–H groups in total. The van der Waals surface area contributed by atoms with Gasteiger partial charge in [-0.25, -0.2) is 0 Å². The van der Waals surface area contributed by atoms with E-state index in [-0.39, 0.29) is 17.3 Å². The number of aromatic hydroxyl groups is 1. The molecule has 0 fully saturated rings. The molecule has 1 aliphatic heterocycles. The largest absolute Gasteiger partial charge is 0.508 e. The van der Waals surface area contributed by atoms with Gasteiger partial charge in [0.2, 0.25) is 5.78 Å². The number of carbonyl (C=O) groups is 1. The van der Waals surface area contributed by atoms with Crippen LogP contribution in [0.3, 0.4) is 0 Å². The summed E-state index contributed by atoms with van der Waals surface area (Å²) in [4.78, 5) is 12.2. The number of carbonyl (C=O) groups excluding carboxylic acids is 1. The van der Waals surface area contributed by atoms with E-state index < -0.39 is 0 Å². The Morgan fingerprint density at radius 3 is 2.70 bits per heavy atom. The summed E-state index contributed by atoms with van der Waals surface area (Å²) in [5, 5.41) is 10.1. The van der Waals surface area contributed by atoms with Crippen LogP contribution in [0.4, 0.5) is 0 Å². The molecule has 0 aliphatic carbocycles. The third-order valence-electron chi connectivity index (χ3n) is 2.86. The number of phenols is 1. The molecule has 0 bridgehead atoms. The SMILES string of the molecule is O=C1/C(=C/c2cccc(O)c2)Oc2c(Cl)cc(Cl)cc21. The highest BCUT2D eigenvalue weighted by atomic mass is 35.5. The lowest BCUT2D eigenvalue weighted by Crippen LogP contribution is -1.97. The second-order valence-corrected chi connectivity index (χ2v) is 5.14. The lowest BCUT2D eigenvalue weighted by atomic mass is 10.1. The zero-order chi connectivity index (χ0) is 14.3. The average Bonchev–Trinajstić information content (AvgIpc) is 2.68. The standard InChI is InChI=1S/C15H8Cl2O3/c16-9-6-11-14(19)13(20-15(11)12(17)7-9)5-8-2-1-3-10(18)4-8/h1-7,18H/b13-5-. The molecular formula is C15H8Cl2O3. The van der Waals surface area contributed by atoms with Crippen LogP contribution < -0.4 is 4.74 Å². The number of fused-ring (bicyclic) bond motifs is 1. The molecule has 0 atom stereocenters. The monoisotopic (exact) mass is 306 g/mol. The van der Waals surface area contributed by atoms with Gasteiger partial charge in [-0.05, 0) is 35.9 Å². The van der Waals surface area contributed by atoms with Crippen molar-refractivity contribution < 1.29 is 14.6 Å². The first-order valence-electron chi connectivity index (χ1n) is 5.77. The number of Topliss-reactive ketones (excluding diaryl/α,β-unsaturated/α-hetero) is 1. The molecule has 3 rings (SSSR count).